The molecule has 2 N–H and O–H groups in total. The van der Waals surface area contributed by atoms with Gasteiger partial charge in [0.05, 0.1) is 12.1 Å². The maximum atomic E-state index is 13.2. The van der Waals surface area contributed by atoms with Gasteiger partial charge in [-0.25, -0.2) is 4.39 Å². The number of pyridine rings is 1. The Kier molecular flexibility index (Phi) is 4.49. The van der Waals surface area contributed by atoms with Gasteiger partial charge in [0.2, 0.25) is 0 Å². The van der Waals surface area contributed by atoms with Gasteiger partial charge in [0.15, 0.2) is 0 Å². The van der Waals surface area contributed by atoms with Crippen LogP contribution in [0.4, 0.5) is 4.39 Å². The van der Waals surface area contributed by atoms with Gasteiger partial charge >= 0.3 is 0 Å². The Hall–Kier alpha value is -2.38. The molecular formula is C15H13FN2O. The van der Waals surface area contributed by atoms with Gasteiger partial charge in [-0.2, -0.15) is 0 Å². The molecule has 0 bridgehead atoms. The highest BCUT2D eigenvalue weighted by Gasteiger charge is 2.04. The first kappa shape index (κ1) is 13.1. The first-order valence-corrected chi connectivity index (χ1v) is 5.80. The molecule has 3 nitrogen and oxygen atoms in total. The van der Waals surface area contributed by atoms with Crippen LogP contribution in [0.5, 0.6) is 5.75 Å². The van der Waals surface area contributed by atoms with E-state index >= 15 is 0 Å². The smallest absolute Gasteiger partial charge is 0.135 e. The summed E-state index contributed by atoms with van der Waals surface area (Å²) in [5, 5.41) is 0. The van der Waals surface area contributed by atoms with Crippen LogP contribution in [0.25, 0.3) is 0 Å². The number of nitrogens with zero attached hydrogens (tertiary/aromatic N) is 1. The molecule has 4 heteroatoms. The predicted octanol–water partition coefficient (Wildman–Crippen LogP) is 2.11. The van der Waals surface area contributed by atoms with Crippen LogP contribution in [0.15, 0.2) is 42.7 Å². The lowest BCUT2D eigenvalue weighted by Crippen LogP contribution is -1.99. The van der Waals surface area contributed by atoms with Crippen molar-refractivity contribution in [2.24, 2.45) is 5.73 Å². The van der Waals surface area contributed by atoms with Gasteiger partial charge in [0.25, 0.3) is 0 Å². The van der Waals surface area contributed by atoms with E-state index in [-0.39, 0.29) is 12.4 Å². The fraction of sp³-hybridized carbons (Fsp3) is 0.133. The van der Waals surface area contributed by atoms with Crippen LogP contribution in [0.1, 0.15) is 11.1 Å². The lowest BCUT2D eigenvalue weighted by atomic mass is 10.2. The zero-order valence-electron chi connectivity index (χ0n) is 10.3. The van der Waals surface area contributed by atoms with Gasteiger partial charge in [0, 0.05) is 18.0 Å². The molecule has 0 aliphatic carbocycles. The van der Waals surface area contributed by atoms with Gasteiger partial charge in [-0.3, -0.25) is 4.98 Å². The van der Waals surface area contributed by atoms with Crippen LogP contribution in [0, 0.1) is 17.7 Å². The molecule has 1 heterocycles. The Bertz CT molecular complexity index is 603. The van der Waals surface area contributed by atoms with E-state index in [4.69, 9.17) is 10.5 Å². The van der Waals surface area contributed by atoms with Crippen LogP contribution in [0.2, 0.25) is 0 Å². The summed E-state index contributed by atoms with van der Waals surface area (Å²) in [6.07, 6.45) is 3.41. The van der Waals surface area contributed by atoms with Crippen molar-refractivity contribution in [2.45, 2.75) is 6.61 Å². The number of aromatic nitrogens is 1. The van der Waals surface area contributed by atoms with Crippen LogP contribution >= 0.6 is 0 Å². The van der Waals surface area contributed by atoms with Gasteiger partial charge in [-0.15, -0.1) is 0 Å². The van der Waals surface area contributed by atoms with E-state index in [9.17, 15) is 4.39 Å². The summed E-state index contributed by atoms with van der Waals surface area (Å²) >= 11 is 0. The number of nitrogens with two attached hydrogens (primary N) is 1. The largest absolute Gasteiger partial charge is 0.488 e. The summed E-state index contributed by atoms with van der Waals surface area (Å²) < 4.78 is 18.8. The van der Waals surface area contributed by atoms with Crippen LogP contribution in [-0.2, 0) is 6.61 Å². The molecule has 2 aromatic rings. The molecule has 2 rings (SSSR count). The second kappa shape index (κ2) is 6.53. The molecule has 19 heavy (non-hydrogen) atoms. The zero-order valence-corrected chi connectivity index (χ0v) is 10.3. The SMILES string of the molecule is NCC#Cc1cc(F)ccc1OCc1cccnc1. The molecule has 0 atom stereocenters. The fourth-order valence-electron chi connectivity index (χ4n) is 1.52. The molecule has 0 spiro atoms. The van der Waals surface area contributed by atoms with Crippen molar-refractivity contribution in [3.8, 4) is 17.6 Å². The van der Waals surface area contributed by atoms with Crippen LogP contribution in [-0.4, -0.2) is 11.5 Å². The van der Waals surface area contributed by atoms with E-state index in [2.05, 4.69) is 16.8 Å². The van der Waals surface area contributed by atoms with Crippen molar-refractivity contribution < 1.29 is 9.13 Å². The Morgan fingerprint density at radius 3 is 2.95 bits per heavy atom. The highest BCUT2D eigenvalue weighted by atomic mass is 19.1. The summed E-state index contributed by atoms with van der Waals surface area (Å²) in [7, 11) is 0. The summed E-state index contributed by atoms with van der Waals surface area (Å²) in [6.45, 7) is 0.579. The monoisotopic (exact) mass is 256 g/mol. The molecular weight excluding hydrogens is 243 g/mol. The molecule has 0 fully saturated rings. The third-order valence-corrected chi connectivity index (χ3v) is 2.38. The topological polar surface area (TPSA) is 48.1 Å². The van der Waals surface area contributed by atoms with Crippen molar-refractivity contribution >= 4 is 0 Å². The maximum Gasteiger partial charge on any atom is 0.135 e. The second-order valence-electron chi connectivity index (χ2n) is 3.80. The minimum atomic E-state index is -0.352. The number of hydrogen-bond acceptors (Lipinski definition) is 3. The Morgan fingerprint density at radius 2 is 2.21 bits per heavy atom. The fourth-order valence-corrected chi connectivity index (χ4v) is 1.52. The molecule has 0 saturated carbocycles. The lowest BCUT2D eigenvalue weighted by Gasteiger charge is -2.08. The minimum absolute atomic E-state index is 0.221. The summed E-state index contributed by atoms with van der Waals surface area (Å²) in [6, 6.07) is 7.97. The number of ether oxygens (including phenoxy) is 1. The standard InChI is InChI=1S/C15H13FN2O/c16-14-5-6-15(13(9-14)4-1-7-17)19-11-12-3-2-8-18-10-12/h2-3,5-6,8-10H,7,11,17H2. The molecule has 0 radical (unpaired) electrons. The van der Waals surface area contributed by atoms with E-state index in [1.807, 2.05) is 12.1 Å². The number of hydrogen-bond donors (Lipinski definition) is 1. The van der Waals surface area contributed by atoms with Crippen molar-refractivity contribution in [1.29, 1.82) is 0 Å². The Labute approximate surface area is 111 Å². The molecule has 1 aromatic carbocycles. The van der Waals surface area contributed by atoms with Gasteiger partial charge in [-0.05, 0) is 24.3 Å². The van der Waals surface area contributed by atoms with Gasteiger partial charge < -0.3 is 10.5 Å². The normalized spacial score (nSPS) is 9.58. The predicted molar refractivity (Wildman–Crippen MR) is 70.9 cm³/mol. The highest BCUT2D eigenvalue weighted by molar-refractivity contribution is 5.46. The summed E-state index contributed by atoms with van der Waals surface area (Å²) in [4.78, 5) is 4.00. The van der Waals surface area contributed by atoms with E-state index in [1.54, 1.807) is 18.5 Å². The highest BCUT2D eigenvalue weighted by Crippen LogP contribution is 2.19. The molecule has 0 unspecified atom stereocenters. The number of benzene rings is 1. The van der Waals surface area contributed by atoms with Crippen molar-refractivity contribution in [2.75, 3.05) is 6.54 Å². The Morgan fingerprint density at radius 1 is 1.32 bits per heavy atom. The minimum Gasteiger partial charge on any atom is -0.488 e. The molecule has 0 aliphatic heterocycles. The molecule has 0 saturated heterocycles. The second-order valence-corrected chi connectivity index (χ2v) is 3.80. The first-order chi connectivity index (χ1) is 9.29. The maximum absolute atomic E-state index is 13.2. The van der Waals surface area contributed by atoms with Crippen molar-refractivity contribution in [3.63, 3.8) is 0 Å². The zero-order chi connectivity index (χ0) is 13.5. The Balaban J connectivity index is 2.15. The quantitative estimate of drug-likeness (QED) is 0.856. The first-order valence-electron chi connectivity index (χ1n) is 5.80. The van der Waals surface area contributed by atoms with Crippen LogP contribution < -0.4 is 10.5 Å². The average molecular weight is 256 g/mol. The number of rotatable bonds is 3. The third-order valence-electron chi connectivity index (χ3n) is 2.38. The van der Waals surface area contributed by atoms with Crippen molar-refractivity contribution in [3.05, 3.63) is 59.7 Å². The van der Waals surface area contributed by atoms with E-state index < -0.39 is 0 Å². The van der Waals surface area contributed by atoms with Gasteiger partial charge in [-0.1, -0.05) is 17.9 Å². The molecule has 0 amide bonds. The van der Waals surface area contributed by atoms with Crippen LogP contribution in [0.3, 0.4) is 0 Å². The van der Waals surface area contributed by atoms with E-state index in [0.717, 1.165) is 5.56 Å². The summed E-state index contributed by atoms with van der Waals surface area (Å²) in [5.74, 6) is 5.67. The molecule has 96 valence electrons. The number of halogens is 1. The summed E-state index contributed by atoms with van der Waals surface area (Å²) in [5.41, 5.74) is 6.74. The third kappa shape index (κ3) is 3.80. The van der Waals surface area contributed by atoms with Gasteiger partial charge in [0.1, 0.15) is 18.2 Å². The molecule has 0 aliphatic rings. The average Bonchev–Trinajstić information content (AvgIpc) is 2.45. The molecule has 1 aromatic heterocycles. The lowest BCUT2D eigenvalue weighted by molar-refractivity contribution is 0.304. The van der Waals surface area contributed by atoms with E-state index in [0.29, 0.717) is 17.9 Å². The van der Waals surface area contributed by atoms with E-state index in [1.165, 1.54) is 12.1 Å². The van der Waals surface area contributed by atoms with Crippen molar-refractivity contribution in [1.82, 2.24) is 4.98 Å².